The summed E-state index contributed by atoms with van der Waals surface area (Å²) in [4.78, 5) is 4.57. The molecule has 0 saturated carbocycles. The lowest BCUT2D eigenvalue weighted by Crippen LogP contribution is -1.89. The molecule has 4 heteroatoms. The van der Waals surface area contributed by atoms with E-state index in [1.807, 2.05) is 48.5 Å². The molecular weight excluding hydrogens is 278 g/mol. The van der Waals surface area contributed by atoms with Crippen LogP contribution in [-0.2, 0) is 0 Å². The van der Waals surface area contributed by atoms with Crippen molar-refractivity contribution in [2.75, 3.05) is 0 Å². The molecular formula is C14H9NS3. The van der Waals surface area contributed by atoms with Gasteiger partial charge in [0.25, 0.3) is 0 Å². The molecule has 0 aliphatic carbocycles. The van der Waals surface area contributed by atoms with Crippen LogP contribution in [0.2, 0.25) is 0 Å². The number of para-hydroxylation sites is 1. The number of rotatable bonds is 2. The molecule has 0 radical (unpaired) electrons. The summed E-state index contributed by atoms with van der Waals surface area (Å²) in [7, 11) is 0. The molecule has 0 atom stereocenters. The van der Waals surface area contributed by atoms with Gasteiger partial charge in [-0.1, -0.05) is 54.7 Å². The van der Waals surface area contributed by atoms with Gasteiger partial charge in [0.15, 0.2) is 4.34 Å². The summed E-state index contributed by atoms with van der Waals surface area (Å²) in [5.41, 5.74) is 2.12. The molecule has 3 aromatic rings. The van der Waals surface area contributed by atoms with Gasteiger partial charge >= 0.3 is 0 Å². The minimum absolute atomic E-state index is 0.870. The van der Waals surface area contributed by atoms with Gasteiger partial charge in [-0.3, -0.25) is 0 Å². The van der Waals surface area contributed by atoms with E-state index in [1.165, 1.54) is 4.70 Å². The monoisotopic (exact) mass is 287 g/mol. The van der Waals surface area contributed by atoms with Gasteiger partial charge in [0.05, 0.1) is 14.4 Å². The second kappa shape index (κ2) is 5.18. The number of aromatic nitrogens is 1. The number of thiocarbonyl (C=S) groups is 1. The van der Waals surface area contributed by atoms with Crippen molar-refractivity contribution in [3.05, 3.63) is 60.2 Å². The van der Waals surface area contributed by atoms with Crippen molar-refractivity contribution in [3.63, 3.8) is 0 Å². The molecule has 0 saturated heterocycles. The molecule has 18 heavy (non-hydrogen) atoms. The zero-order valence-electron chi connectivity index (χ0n) is 9.37. The van der Waals surface area contributed by atoms with Gasteiger partial charge in [-0.05, 0) is 29.5 Å². The second-order valence-electron chi connectivity index (χ2n) is 3.70. The van der Waals surface area contributed by atoms with Crippen molar-refractivity contribution in [1.29, 1.82) is 0 Å². The summed E-state index contributed by atoms with van der Waals surface area (Å²) < 4.78 is 3.08. The van der Waals surface area contributed by atoms with E-state index in [0.717, 1.165) is 19.6 Å². The van der Waals surface area contributed by atoms with Crippen LogP contribution >= 0.6 is 35.3 Å². The number of fused-ring (bicyclic) bond motifs is 1. The number of thiazole rings is 1. The minimum Gasteiger partial charge on any atom is -0.229 e. The molecule has 0 unspecified atom stereocenters. The summed E-state index contributed by atoms with van der Waals surface area (Å²) in [6, 6.07) is 18.2. The standard InChI is InChI=1S/C14H9NS3/c16-13(10-6-2-1-3-7-10)18-14-15-11-8-4-5-9-12(11)17-14/h1-9H. The number of benzene rings is 2. The van der Waals surface area contributed by atoms with Gasteiger partial charge in [-0.15, -0.1) is 11.3 Å². The van der Waals surface area contributed by atoms with Crippen molar-refractivity contribution in [3.8, 4) is 0 Å². The normalized spacial score (nSPS) is 10.7. The Hall–Kier alpha value is -1.23. The van der Waals surface area contributed by atoms with E-state index < -0.39 is 0 Å². The van der Waals surface area contributed by atoms with Crippen LogP contribution in [0, 0.1) is 0 Å². The number of hydrogen-bond donors (Lipinski definition) is 0. The molecule has 1 heterocycles. The Labute approximate surface area is 119 Å². The maximum Gasteiger partial charge on any atom is 0.156 e. The zero-order valence-corrected chi connectivity index (χ0v) is 11.8. The highest BCUT2D eigenvalue weighted by molar-refractivity contribution is 8.24. The fourth-order valence-electron chi connectivity index (χ4n) is 1.61. The van der Waals surface area contributed by atoms with Crippen LogP contribution in [0.3, 0.4) is 0 Å². The van der Waals surface area contributed by atoms with E-state index >= 15 is 0 Å². The number of thioether (sulfide) groups is 1. The Morgan fingerprint density at radius 1 is 1.00 bits per heavy atom. The number of nitrogens with zero attached hydrogens (tertiary/aromatic N) is 1. The van der Waals surface area contributed by atoms with E-state index in [2.05, 4.69) is 11.1 Å². The largest absolute Gasteiger partial charge is 0.229 e. The van der Waals surface area contributed by atoms with Crippen LogP contribution in [-0.4, -0.2) is 9.18 Å². The Bertz CT molecular complexity index is 655. The highest BCUT2D eigenvalue weighted by Crippen LogP contribution is 2.31. The predicted octanol–water partition coefficient (Wildman–Crippen LogP) is 4.76. The van der Waals surface area contributed by atoms with E-state index in [9.17, 15) is 0 Å². The highest BCUT2D eigenvalue weighted by Gasteiger charge is 2.08. The topological polar surface area (TPSA) is 12.9 Å². The fraction of sp³-hybridized carbons (Fsp3) is 0. The first kappa shape index (κ1) is 11.8. The maximum absolute atomic E-state index is 5.44. The van der Waals surface area contributed by atoms with Crippen molar-refractivity contribution in [2.45, 2.75) is 4.34 Å². The molecule has 2 aromatic carbocycles. The molecule has 0 spiro atoms. The Balaban J connectivity index is 1.86. The summed E-state index contributed by atoms with van der Waals surface area (Å²) in [6.45, 7) is 0. The number of hydrogen-bond acceptors (Lipinski definition) is 4. The minimum atomic E-state index is 0.870. The second-order valence-corrected chi connectivity index (χ2v) is 6.66. The van der Waals surface area contributed by atoms with Crippen molar-refractivity contribution in [2.24, 2.45) is 0 Å². The first-order valence-corrected chi connectivity index (χ1v) is 7.50. The van der Waals surface area contributed by atoms with Crippen molar-refractivity contribution >= 4 is 49.7 Å². The summed E-state index contributed by atoms with van der Waals surface area (Å²) in [5, 5.41) is 0. The predicted molar refractivity (Wildman–Crippen MR) is 83.6 cm³/mol. The fourth-order valence-corrected chi connectivity index (χ4v) is 4.08. The molecule has 0 aliphatic heterocycles. The maximum atomic E-state index is 5.44. The van der Waals surface area contributed by atoms with Crippen LogP contribution in [0.15, 0.2) is 58.9 Å². The molecule has 0 fully saturated rings. The molecule has 1 nitrogen and oxygen atoms in total. The third-order valence-electron chi connectivity index (χ3n) is 2.46. The summed E-state index contributed by atoms with van der Waals surface area (Å²) in [5.74, 6) is 0. The van der Waals surface area contributed by atoms with Crippen LogP contribution < -0.4 is 0 Å². The molecule has 3 rings (SSSR count). The molecule has 0 bridgehead atoms. The Morgan fingerprint density at radius 2 is 1.72 bits per heavy atom. The first-order valence-electron chi connectivity index (χ1n) is 5.46. The van der Waals surface area contributed by atoms with Crippen LogP contribution in [0.25, 0.3) is 10.2 Å². The van der Waals surface area contributed by atoms with E-state index in [1.54, 1.807) is 23.1 Å². The van der Waals surface area contributed by atoms with Gasteiger partial charge in [0.1, 0.15) is 0 Å². The van der Waals surface area contributed by atoms with E-state index in [4.69, 9.17) is 12.2 Å². The van der Waals surface area contributed by atoms with E-state index in [0.29, 0.717) is 0 Å². The van der Waals surface area contributed by atoms with Crippen molar-refractivity contribution < 1.29 is 0 Å². The Morgan fingerprint density at radius 3 is 2.50 bits per heavy atom. The van der Waals surface area contributed by atoms with Gasteiger partial charge in [-0.25, -0.2) is 4.98 Å². The Kier molecular flexibility index (Phi) is 3.41. The zero-order chi connectivity index (χ0) is 12.4. The highest BCUT2D eigenvalue weighted by atomic mass is 32.2. The van der Waals surface area contributed by atoms with Gasteiger partial charge in [0.2, 0.25) is 0 Å². The lowest BCUT2D eigenvalue weighted by atomic mass is 10.2. The van der Waals surface area contributed by atoms with Crippen molar-refractivity contribution in [1.82, 2.24) is 4.98 Å². The molecule has 0 N–H and O–H groups in total. The summed E-state index contributed by atoms with van der Waals surface area (Å²) in [6.07, 6.45) is 0. The average Bonchev–Trinajstić information content (AvgIpc) is 2.82. The molecule has 1 aromatic heterocycles. The lowest BCUT2D eigenvalue weighted by molar-refractivity contribution is 1.31. The van der Waals surface area contributed by atoms with Gasteiger partial charge in [-0.2, -0.15) is 0 Å². The van der Waals surface area contributed by atoms with Crippen LogP contribution in [0.5, 0.6) is 0 Å². The first-order chi connectivity index (χ1) is 8.83. The van der Waals surface area contributed by atoms with Gasteiger partial charge in [0, 0.05) is 0 Å². The quantitative estimate of drug-likeness (QED) is 0.498. The smallest absolute Gasteiger partial charge is 0.156 e. The van der Waals surface area contributed by atoms with Crippen LogP contribution in [0.4, 0.5) is 0 Å². The molecule has 0 amide bonds. The third-order valence-corrected chi connectivity index (χ3v) is 4.97. The molecule has 88 valence electrons. The lowest BCUT2D eigenvalue weighted by Gasteiger charge is -1.99. The van der Waals surface area contributed by atoms with E-state index in [-0.39, 0.29) is 0 Å². The van der Waals surface area contributed by atoms with Crippen LogP contribution in [0.1, 0.15) is 5.56 Å². The average molecular weight is 287 g/mol. The summed E-state index contributed by atoms with van der Waals surface area (Å²) >= 11 is 8.68. The third kappa shape index (κ3) is 2.46. The SMILES string of the molecule is S=C(Sc1nc2ccccc2s1)c1ccccc1. The van der Waals surface area contributed by atoms with Gasteiger partial charge < -0.3 is 0 Å². The molecule has 0 aliphatic rings.